The maximum Gasteiger partial charge on any atom is 0.234 e. The molecule has 0 fully saturated rings. The Morgan fingerprint density at radius 3 is 2.67 bits per heavy atom. The summed E-state index contributed by atoms with van der Waals surface area (Å²) in [7, 11) is 1.85. The number of aryl methyl sites for hydroxylation is 2. The van der Waals surface area contributed by atoms with Crippen molar-refractivity contribution in [1.29, 1.82) is 0 Å². The number of nitrogens with one attached hydrogen (secondary N) is 1. The fraction of sp³-hybridized carbons (Fsp3) is 0.286. The number of hydrogen-bond acceptors (Lipinski definition) is 5. The van der Waals surface area contributed by atoms with Crippen molar-refractivity contribution >= 4 is 46.6 Å². The Morgan fingerprint density at radius 2 is 1.97 bits per heavy atom. The first-order valence-corrected chi connectivity index (χ1v) is 11.0. The van der Waals surface area contributed by atoms with Crippen LogP contribution < -0.4 is 10.1 Å². The van der Waals surface area contributed by atoms with Crippen LogP contribution in [0.25, 0.3) is 0 Å². The van der Waals surface area contributed by atoms with Gasteiger partial charge in [-0.1, -0.05) is 52.7 Å². The minimum Gasteiger partial charge on any atom is -0.482 e. The highest BCUT2D eigenvalue weighted by molar-refractivity contribution is 7.99. The molecule has 30 heavy (non-hydrogen) atoms. The van der Waals surface area contributed by atoms with E-state index in [9.17, 15) is 4.79 Å². The van der Waals surface area contributed by atoms with Crippen molar-refractivity contribution in [2.45, 2.75) is 32.0 Å². The van der Waals surface area contributed by atoms with Crippen molar-refractivity contribution in [3.05, 3.63) is 63.4 Å². The number of anilines is 1. The quantitative estimate of drug-likeness (QED) is 0.460. The molecule has 1 heterocycles. The highest BCUT2D eigenvalue weighted by atomic mass is 35.5. The Balaban J connectivity index is 1.61. The van der Waals surface area contributed by atoms with Crippen LogP contribution in [0.5, 0.6) is 5.75 Å². The number of hydrogen-bond donors (Lipinski definition) is 1. The summed E-state index contributed by atoms with van der Waals surface area (Å²) in [5, 5.41) is 12.7. The van der Waals surface area contributed by atoms with Crippen molar-refractivity contribution < 1.29 is 9.53 Å². The van der Waals surface area contributed by atoms with Crippen molar-refractivity contribution in [3.63, 3.8) is 0 Å². The van der Waals surface area contributed by atoms with E-state index in [1.807, 2.05) is 44.5 Å². The predicted octanol–water partition coefficient (Wildman–Crippen LogP) is 5.61. The van der Waals surface area contributed by atoms with E-state index in [1.54, 1.807) is 18.2 Å². The van der Waals surface area contributed by atoms with E-state index in [1.165, 1.54) is 17.3 Å². The Bertz CT molecular complexity index is 1070. The van der Waals surface area contributed by atoms with Gasteiger partial charge < -0.3 is 14.6 Å². The highest BCUT2D eigenvalue weighted by Gasteiger charge is 2.19. The molecule has 158 valence electrons. The van der Waals surface area contributed by atoms with Crippen LogP contribution in [0.2, 0.25) is 10.0 Å². The molecule has 0 aliphatic heterocycles. The lowest BCUT2D eigenvalue weighted by Gasteiger charge is -2.16. The minimum atomic E-state index is -0.292. The largest absolute Gasteiger partial charge is 0.482 e. The van der Waals surface area contributed by atoms with Gasteiger partial charge in [0.2, 0.25) is 5.91 Å². The summed E-state index contributed by atoms with van der Waals surface area (Å²) in [6.45, 7) is 5.98. The van der Waals surface area contributed by atoms with Gasteiger partial charge in [0.1, 0.15) is 5.75 Å². The molecular weight excluding hydrogens is 443 g/mol. The second-order valence-electron chi connectivity index (χ2n) is 6.89. The van der Waals surface area contributed by atoms with Gasteiger partial charge in [0, 0.05) is 12.1 Å². The second-order valence-corrected chi connectivity index (χ2v) is 8.68. The lowest BCUT2D eigenvalue weighted by atomic mass is 10.1. The zero-order valence-corrected chi connectivity index (χ0v) is 19.4. The van der Waals surface area contributed by atoms with E-state index in [0.29, 0.717) is 26.7 Å². The maximum atomic E-state index is 12.3. The summed E-state index contributed by atoms with van der Waals surface area (Å²) >= 11 is 13.3. The molecule has 2 aromatic carbocycles. The van der Waals surface area contributed by atoms with Gasteiger partial charge in [0.25, 0.3) is 0 Å². The van der Waals surface area contributed by atoms with E-state index >= 15 is 0 Å². The summed E-state index contributed by atoms with van der Waals surface area (Å²) in [4.78, 5) is 12.3. The third kappa shape index (κ3) is 5.47. The molecule has 9 heteroatoms. The molecule has 0 aliphatic carbocycles. The van der Waals surface area contributed by atoms with Crippen LogP contribution in [0.1, 0.15) is 30.0 Å². The van der Waals surface area contributed by atoms with E-state index in [2.05, 4.69) is 21.6 Å². The number of amides is 1. The molecule has 0 radical (unpaired) electrons. The molecule has 0 saturated carbocycles. The first kappa shape index (κ1) is 22.5. The molecule has 6 nitrogen and oxygen atoms in total. The average molecular weight is 465 g/mol. The number of rotatable bonds is 7. The second kappa shape index (κ2) is 9.73. The maximum absolute atomic E-state index is 12.3. The predicted molar refractivity (Wildman–Crippen MR) is 122 cm³/mol. The number of carbonyl (C=O) groups is 1. The third-order valence-corrected chi connectivity index (χ3v) is 5.97. The van der Waals surface area contributed by atoms with Gasteiger partial charge in [0.15, 0.2) is 17.1 Å². The molecule has 0 spiro atoms. The van der Waals surface area contributed by atoms with Crippen LogP contribution in [0.4, 0.5) is 5.69 Å². The summed E-state index contributed by atoms with van der Waals surface area (Å²) in [5.74, 6) is 1.45. The van der Waals surface area contributed by atoms with Gasteiger partial charge in [0.05, 0.1) is 16.5 Å². The van der Waals surface area contributed by atoms with Crippen molar-refractivity contribution in [2.24, 2.45) is 7.05 Å². The molecule has 0 bridgehead atoms. The van der Waals surface area contributed by atoms with Crippen LogP contribution in [-0.4, -0.2) is 26.4 Å². The summed E-state index contributed by atoms with van der Waals surface area (Å²) < 4.78 is 7.91. The van der Waals surface area contributed by atoms with Crippen molar-refractivity contribution in [3.8, 4) is 5.75 Å². The highest BCUT2D eigenvalue weighted by Crippen LogP contribution is 2.28. The summed E-state index contributed by atoms with van der Waals surface area (Å²) in [6, 6.07) is 11.0. The molecule has 1 atom stereocenters. The van der Waals surface area contributed by atoms with E-state index < -0.39 is 0 Å². The van der Waals surface area contributed by atoms with Gasteiger partial charge in [-0.2, -0.15) is 0 Å². The zero-order valence-electron chi connectivity index (χ0n) is 17.1. The van der Waals surface area contributed by atoms with Crippen LogP contribution in [-0.2, 0) is 11.8 Å². The lowest BCUT2D eigenvalue weighted by molar-refractivity contribution is -0.113. The van der Waals surface area contributed by atoms with Crippen LogP contribution in [0, 0.1) is 13.8 Å². The van der Waals surface area contributed by atoms with Crippen LogP contribution >= 0.6 is 35.0 Å². The Kier molecular flexibility index (Phi) is 7.28. The van der Waals surface area contributed by atoms with E-state index in [-0.39, 0.29) is 17.8 Å². The fourth-order valence-corrected chi connectivity index (χ4v) is 4.06. The summed E-state index contributed by atoms with van der Waals surface area (Å²) in [5.41, 5.74) is 2.76. The van der Waals surface area contributed by atoms with Gasteiger partial charge in [-0.25, -0.2) is 0 Å². The number of thioether (sulfide) groups is 1. The third-order valence-electron chi connectivity index (χ3n) is 4.40. The molecular formula is C21H22Cl2N4O2S. The number of carbonyl (C=O) groups excluding carboxylic acids is 1. The normalized spacial score (nSPS) is 11.9. The van der Waals surface area contributed by atoms with E-state index in [0.717, 1.165) is 11.3 Å². The molecule has 0 aliphatic rings. The summed E-state index contributed by atoms with van der Waals surface area (Å²) in [6.07, 6.45) is -0.292. The molecule has 1 amide bonds. The molecule has 3 rings (SSSR count). The first-order valence-electron chi connectivity index (χ1n) is 9.25. The van der Waals surface area contributed by atoms with Crippen LogP contribution in [0.3, 0.4) is 0 Å². The topological polar surface area (TPSA) is 69.0 Å². The smallest absolute Gasteiger partial charge is 0.234 e. The standard InChI is InChI=1S/C21H22Cl2N4O2S/c1-12-5-8-18(13(2)9-12)29-14(3)20-25-26-21(27(20)4)30-11-19(28)24-17-7-6-15(22)10-16(17)23/h5-10,14H,11H2,1-4H3,(H,24,28). The number of benzene rings is 2. The van der Waals surface area contributed by atoms with Gasteiger partial charge in [-0.3, -0.25) is 4.79 Å². The number of aromatic nitrogens is 3. The number of ether oxygens (including phenoxy) is 1. The first-order chi connectivity index (χ1) is 14.2. The Labute approximate surface area is 189 Å². The number of halogens is 2. The molecule has 1 N–H and O–H groups in total. The van der Waals surface area contributed by atoms with E-state index in [4.69, 9.17) is 27.9 Å². The molecule has 1 aromatic heterocycles. The van der Waals surface area contributed by atoms with Gasteiger partial charge in [-0.05, 0) is 50.6 Å². The lowest BCUT2D eigenvalue weighted by Crippen LogP contribution is -2.15. The SMILES string of the molecule is Cc1ccc(OC(C)c2nnc(SCC(=O)Nc3ccc(Cl)cc3Cl)n2C)c(C)c1. The number of nitrogens with zero attached hydrogens (tertiary/aromatic N) is 3. The molecule has 1 unspecified atom stereocenters. The van der Waals surface area contributed by atoms with Gasteiger partial charge >= 0.3 is 0 Å². The zero-order chi connectivity index (χ0) is 21.8. The molecule has 0 saturated heterocycles. The Morgan fingerprint density at radius 1 is 1.20 bits per heavy atom. The van der Waals surface area contributed by atoms with Crippen molar-refractivity contribution in [2.75, 3.05) is 11.1 Å². The Hall–Kier alpha value is -2.22. The van der Waals surface area contributed by atoms with Crippen molar-refractivity contribution in [1.82, 2.24) is 14.8 Å². The molecule has 3 aromatic rings. The minimum absolute atomic E-state index is 0.164. The average Bonchev–Trinajstić information content (AvgIpc) is 3.05. The van der Waals surface area contributed by atoms with Crippen LogP contribution in [0.15, 0.2) is 41.6 Å². The monoisotopic (exact) mass is 464 g/mol. The fourth-order valence-electron chi connectivity index (χ4n) is 2.89. The van der Waals surface area contributed by atoms with Gasteiger partial charge in [-0.15, -0.1) is 10.2 Å².